The van der Waals surface area contributed by atoms with E-state index in [4.69, 9.17) is 5.73 Å². The van der Waals surface area contributed by atoms with Crippen LogP contribution in [0.25, 0.3) is 10.9 Å². The molecule has 0 bridgehead atoms. The van der Waals surface area contributed by atoms with Gasteiger partial charge in [0.2, 0.25) is 0 Å². The molecule has 0 saturated carbocycles. The molecule has 1 unspecified atom stereocenters. The Morgan fingerprint density at radius 3 is 2.62 bits per heavy atom. The van der Waals surface area contributed by atoms with Crippen LogP contribution in [-0.4, -0.2) is 28.5 Å². The number of nitrogens with zero attached hydrogens (tertiary/aromatic N) is 2. The summed E-state index contributed by atoms with van der Waals surface area (Å²) in [6.07, 6.45) is 5.76. The van der Waals surface area contributed by atoms with E-state index in [1.165, 1.54) is 30.2 Å². The molecule has 1 atom stereocenters. The van der Waals surface area contributed by atoms with E-state index in [9.17, 15) is 0 Å². The van der Waals surface area contributed by atoms with E-state index >= 15 is 0 Å². The summed E-state index contributed by atoms with van der Waals surface area (Å²) >= 11 is 0. The summed E-state index contributed by atoms with van der Waals surface area (Å²) in [7, 11) is 0. The number of benzene rings is 1. The second-order valence-electron chi connectivity index (χ2n) is 6.60. The third-order valence-electron chi connectivity index (χ3n) is 4.95. The zero-order valence-electron chi connectivity index (χ0n) is 13.0. The highest BCUT2D eigenvalue weighted by Crippen LogP contribution is 2.34. The van der Waals surface area contributed by atoms with E-state index in [1.807, 2.05) is 12.3 Å². The smallest absolute Gasteiger partial charge is 0.0705 e. The molecule has 0 amide bonds. The molecule has 1 saturated heterocycles. The SMILES string of the molecule is CC(C)(C(N)c1cccc2ncccc12)N1CCCCC1. The number of nitrogens with two attached hydrogens (primary N) is 1. The molecule has 0 radical (unpaired) electrons. The molecule has 0 aliphatic carbocycles. The third-order valence-corrected chi connectivity index (χ3v) is 4.95. The van der Waals surface area contributed by atoms with Crippen molar-refractivity contribution in [1.82, 2.24) is 9.88 Å². The normalized spacial score (nSPS) is 18.8. The van der Waals surface area contributed by atoms with Crippen molar-refractivity contribution >= 4 is 10.9 Å². The Kier molecular flexibility index (Phi) is 3.96. The van der Waals surface area contributed by atoms with Crippen molar-refractivity contribution in [3.05, 3.63) is 42.1 Å². The predicted octanol–water partition coefficient (Wildman–Crippen LogP) is 3.50. The molecule has 3 rings (SSSR count). The van der Waals surface area contributed by atoms with E-state index in [2.05, 4.69) is 48.0 Å². The summed E-state index contributed by atoms with van der Waals surface area (Å²) in [5, 5.41) is 1.18. The van der Waals surface area contributed by atoms with E-state index in [0.717, 1.165) is 18.6 Å². The molecule has 2 aromatic rings. The van der Waals surface area contributed by atoms with Crippen LogP contribution in [-0.2, 0) is 0 Å². The fraction of sp³-hybridized carbons (Fsp3) is 0.500. The van der Waals surface area contributed by atoms with Crippen LogP contribution in [0.4, 0.5) is 0 Å². The molecule has 21 heavy (non-hydrogen) atoms. The van der Waals surface area contributed by atoms with Crippen molar-refractivity contribution in [3.8, 4) is 0 Å². The number of fused-ring (bicyclic) bond motifs is 1. The topological polar surface area (TPSA) is 42.1 Å². The number of pyridine rings is 1. The zero-order chi connectivity index (χ0) is 14.9. The lowest BCUT2D eigenvalue weighted by atomic mass is 9.84. The Morgan fingerprint density at radius 2 is 1.86 bits per heavy atom. The molecule has 3 heteroatoms. The van der Waals surface area contributed by atoms with E-state index < -0.39 is 0 Å². The highest BCUT2D eigenvalue weighted by Gasteiger charge is 2.35. The van der Waals surface area contributed by atoms with Crippen LogP contribution >= 0.6 is 0 Å². The molecule has 0 spiro atoms. The van der Waals surface area contributed by atoms with Crippen LogP contribution < -0.4 is 5.73 Å². The van der Waals surface area contributed by atoms with Crippen LogP contribution in [0.2, 0.25) is 0 Å². The summed E-state index contributed by atoms with van der Waals surface area (Å²) < 4.78 is 0. The Labute approximate surface area is 127 Å². The van der Waals surface area contributed by atoms with Crippen molar-refractivity contribution in [3.63, 3.8) is 0 Å². The second-order valence-corrected chi connectivity index (χ2v) is 6.60. The molecule has 3 nitrogen and oxygen atoms in total. The van der Waals surface area contributed by atoms with Crippen LogP contribution in [0, 0.1) is 0 Å². The maximum atomic E-state index is 6.70. The minimum Gasteiger partial charge on any atom is -0.322 e. The number of hydrogen-bond donors (Lipinski definition) is 1. The summed E-state index contributed by atoms with van der Waals surface area (Å²) in [4.78, 5) is 7.00. The van der Waals surface area contributed by atoms with Crippen LogP contribution in [0.3, 0.4) is 0 Å². The van der Waals surface area contributed by atoms with Crippen LogP contribution in [0.1, 0.15) is 44.7 Å². The Balaban J connectivity index is 1.97. The van der Waals surface area contributed by atoms with Gasteiger partial charge in [0.15, 0.2) is 0 Å². The highest BCUT2D eigenvalue weighted by molar-refractivity contribution is 5.82. The second kappa shape index (κ2) is 5.74. The first-order valence-electron chi connectivity index (χ1n) is 7.95. The van der Waals surface area contributed by atoms with Gasteiger partial charge in [-0.15, -0.1) is 0 Å². The van der Waals surface area contributed by atoms with E-state index in [1.54, 1.807) is 0 Å². The minimum atomic E-state index is -0.0372. The molecule has 1 aromatic carbocycles. The molecule has 1 fully saturated rings. The maximum absolute atomic E-state index is 6.70. The number of hydrogen-bond acceptors (Lipinski definition) is 3. The molecule has 1 aromatic heterocycles. The fourth-order valence-corrected chi connectivity index (χ4v) is 3.45. The van der Waals surface area contributed by atoms with E-state index in [-0.39, 0.29) is 11.6 Å². The van der Waals surface area contributed by atoms with Gasteiger partial charge in [-0.05, 0) is 57.5 Å². The van der Waals surface area contributed by atoms with Gasteiger partial charge >= 0.3 is 0 Å². The Hall–Kier alpha value is -1.45. The van der Waals surface area contributed by atoms with Gasteiger partial charge in [0.1, 0.15) is 0 Å². The minimum absolute atomic E-state index is 0.0106. The molecule has 1 aliphatic heterocycles. The first-order chi connectivity index (χ1) is 10.1. The first-order valence-corrected chi connectivity index (χ1v) is 7.95. The van der Waals surface area contributed by atoms with Crippen molar-refractivity contribution in [2.75, 3.05) is 13.1 Å². The Morgan fingerprint density at radius 1 is 1.10 bits per heavy atom. The van der Waals surface area contributed by atoms with Gasteiger partial charge in [0.25, 0.3) is 0 Å². The van der Waals surface area contributed by atoms with Gasteiger partial charge < -0.3 is 5.73 Å². The largest absolute Gasteiger partial charge is 0.322 e. The number of likely N-dealkylation sites (tertiary alicyclic amines) is 1. The van der Waals surface area contributed by atoms with Gasteiger partial charge in [0.05, 0.1) is 5.52 Å². The summed E-state index contributed by atoms with van der Waals surface area (Å²) in [5.41, 5.74) is 8.90. The molecular formula is C18H25N3. The lowest BCUT2D eigenvalue weighted by molar-refractivity contribution is 0.0733. The quantitative estimate of drug-likeness (QED) is 0.937. The average Bonchev–Trinajstić information content (AvgIpc) is 2.54. The summed E-state index contributed by atoms with van der Waals surface area (Å²) in [6, 6.07) is 10.4. The summed E-state index contributed by atoms with van der Waals surface area (Å²) in [6.45, 7) is 6.86. The zero-order valence-corrected chi connectivity index (χ0v) is 13.0. The lowest BCUT2D eigenvalue weighted by Crippen LogP contribution is -2.53. The van der Waals surface area contributed by atoms with Gasteiger partial charge in [-0.3, -0.25) is 9.88 Å². The van der Waals surface area contributed by atoms with Crippen molar-refractivity contribution in [2.24, 2.45) is 5.73 Å². The molecule has 2 N–H and O–H groups in total. The molecular weight excluding hydrogens is 258 g/mol. The van der Waals surface area contributed by atoms with Gasteiger partial charge in [-0.1, -0.05) is 24.6 Å². The number of piperidine rings is 1. The number of aromatic nitrogens is 1. The monoisotopic (exact) mass is 283 g/mol. The fourth-order valence-electron chi connectivity index (χ4n) is 3.45. The predicted molar refractivity (Wildman–Crippen MR) is 88.2 cm³/mol. The molecule has 112 valence electrons. The Bertz CT molecular complexity index is 609. The maximum Gasteiger partial charge on any atom is 0.0705 e. The molecule has 2 heterocycles. The van der Waals surface area contributed by atoms with Crippen molar-refractivity contribution in [2.45, 2.75) is 44.7 Å². The van der Waals surface area contributed by atoms with Crippen molar-refractivity contribution in [1.29, 1.82) is 0 Å². The van der Waals surface area contributed by atoms with Crippen LogP contribution in [0.15, 0.2) is 36.5 Å². The van der Waals surface area contributed by atoms with Crippen LogP contribution in [0.5, 0.6) is 0 Å². The van der Waals surface area contributed by atoms with Gasteiger partial charge in [0, 0.05) is 23.2 Å². The van der Waals surface area contributed by atoms with Gasteiger partial charge in [-0.2, -0.15) is 0 Å². The van der Waals surface area contributed by atoms with Gasteiger partial charge in [-0.25, -0.2) is 0 Å². The van der Waals surface area contributed by atoms with Crippen molar-refractivity contribution < 1.29 is 0 Å². The standard InChI is InChI=1S/C18H25N3/c1-18(2,21-12-4-3-5-13-21)17(19)15-8-6-10-16-14(15)9-7-11-20-16/h6-11,17H,3-5,12-13,19H2,1-2H3. The first kappa shape index (κ1) is 14.5. The third kappa shape index (κ3) is 2.68. The summed E-state index contributed by atoms with van der Waals surface area (Å²) in [5.74, 6) is 0. The average molecular weight is 283 g/mol. The van der Waals surface area contributed by atoms with E-state index in [0.29, 0.717) is 0 Å². The molecule has 1 aliphatic rings. The highest BCUT2D eigenvalue weighted by atomic mass is 15.2. The lowest BCUT2D eigenvalue weighted by Gasteiger charge is -2.45. The number of rotatable bonds is 3.